The molecule has 2 aliphatic rings. The molecule has 0 atom stereocenters. The number of morpholine rings is 1. The molecule has 6 heteroatoms. The summed E-state index contributed by atoms with van der Waals surface area (Å²) in [7, 11) is 0. The lowest BCUT2D eigenvalue weighted by Crippen LogP contribution is -2.35. The van der Waals surface area contributed by atoms with E-state index >= 15 is 0 Å². The number of nitro groups is 1. The first-order chi connectivity index (χ1) is 13.7. The molecule has 1 saturated heterocycles. The van der Waals surface area contributed by atoms with Crippen LogP contribution in [0.2, 0.25) is 0 Å². The number of nitrogens with zero attached hydrogens (tertiary/aromatic N) is 2. The van der Waals surface area contributed by atoms with Gasteiger partial charge in [0.15, 0.2) is 0 Å². The van der Waals surface area contributed by atoms with E-state index in [1.165, 1.54) is 33.5 Å². The average molecular weight is 394 g/mol. The molecule has 0 aromatic heterocycles. The van der Waals surface area contributed by atoms with Crippen molar-refractivity contribution in [2.45, 2.75) is 17.7 Å². The minimum absolute atomic E-state index is 0.168. The Labute approximate surface area is 168 Å². The van der Waals surface area contributed by atoms with Crippen molar-refractivity contribution in [3.05, 3.63) is 86.5 Å². The van der Waals surface area contributed by atoms with Crippen molar-refractivity contribution in [3.8, 4) is 0 Å². The summed E-state index contributed by atoms with van der Waals surface area (Å²) in [5.41, 5.74) is 3.88. The highest BCUT2D eigenvalue weighted by atomic mass is 32.2. The molecular formula is C22H22N2O3S. The number of rotatable bonds is 5. The van der Waals surface area contributed by atoms with Gasteiger partial charge in [-0.2, -0.15) is 0 Å². The van der Waals surface area contributed by atoms with Crippen LogP contribution in [0.4, 0.5) is 5.69 Å². The largest absolute Gasteiger partial charge is 0.378 e. The number of nitro benzene ring substituents is 1. The molecular weight excluding hydrogens is 372 g/mol. The lowest BCUT2D eigenvalue weighted by atomic mass is 10.1. The Morgan fingerprint density at radius 3 is 2.46 bits per heavy atom. The molecule has 0 radical (unpaired) electrons. The molecule has 0 N–H and O–H groups in total. The van der Waals surface area contributed by atoms with E-state index in [0.717, 1.165) is 25.9 Å². The van der Waals surface area contributed by atoms with Gasteiger partial charge in [0.1, 0.15) is 0 Å². The van der Waals surface area contributed by atoms with Crippen LogP contribution in [-0.4, -0.2) is 36.1 Å². The number of ether oxygens (including phenoxy) is 1. The molecule has 1 heterocycles. The van der Waals surface area contributed by atoms with Gasteiger partial charge >= 0.3 is 0 Å². The van der Waals surface area contributed by atoms with E-state index in [4.69, 9.17) is 4.74 Å². The maximum Gasteiger partial charge on any atom is 0.283 e. The minimum Gasteiger partial charge on any atom is -0.378 e. The number of benzene rings is 2. The normalized spacial score (nSPS) is 18.7. The third-order valence-corrected chi connectivity index (χ3v) is 6.16. The highest BCUT2D eigenvalue weighted by molar-refractivity contribution is 8.03. The lowest BCUT2D eigenvalue weighted by Gasteiger charge is -2.31. The highest BCUT2D eigenvalue weighted by Gasteiger charge is 2.28. The molecule has 1 aliphatic heterocycles. The van der Waals surface area contributed by atoms with Crippen LogP contribution in [0.1, 0.15) is 18.4 Å². The Morgan fingerprint density at radius 1 is 1.00 bits per heavy atom. The summed E-state index contributed by atoms with van der Waals surface area (Å²) in [4.78, 5) is 15.4. The second-order valence-corrected chi connectivity index (χ2v) is 7.92. The first-order valence-electron chi connectivity index (χ1n) is 9.45. The lowest BCUT2D eigenvalue weighted by molar-refractivity contribution is -0.387. The number of hydrogen-bond acceptors (Lipinski definition) is 5. The van der Waals surface area contributed by atoms with E-state index in [0.29, 0.717) is 18.1 Å². The fraction of sp³-hybridized carbons (Fsp3) is 0.273. The smallest absolute Gasteiger partial charge is 0.283 e. The van der Waals surface area contributed by atoms with Gasteiger partial charge in [0.05, 0.1) is 28.7 Å². The van der Waals surface area contributed by atoms with Gasteiger partial charge in [-0.3, -0.25) is 10.1 Å². The first-order valence-corrected chi connectivity index (χ1v) is 10.3. The van der Waals surface area contributed by atoms with Crippen molar-refractivity contribution in [2.75, 3.05) is 26.3 Å². The van der Waals surface area contributed by atoms with E-state index < -0.39 is 0 Å². The number of allylic oxidation sites excluding steroid dienone is 2. The summed E-state index contributed by atoms with van der Waals surface area (Å²) in [5.74, 6) is 0. The van der Waals surface area contributed by atoms with Gasteiger partial charge in [0.2, 0.25) is 0 Å². The van der Waals surface area contributed by atoms with Crippen LogP contribution >= 0.6 is 11.8 Å². The Morgan fingerprint density at radius 2 is 1.71 bits per heavy atom. The molecule has 0 bridgehead atoms. The minimum atomic E-state index is -0.299. The zero-order chi connectivity index (χ0) is 19.3. The molecule has 28 heavy (non-hydrogen) atoms. The van der Waals surface area contributed by atoms with Gasteiger partial charge in [-0.1, -0.05) is 54.2 Å². The van der Waals surface area contributed by atoms with Gasteiger partial charge in [-0.25, -0.2) is 0 Å². The van der Waals surface area contributed by atoms with Crippen molar-refractivity contribution in [1.29, 1.82) is 0 Å². The SMILES string of the molecule is O=[N+]([O-])c1ccccc1SC1=C(N2CCOCC2)/C(=C/c2ccccc2)CC1. The van der Waals surface area contributed by atoms with Gasteiger partial charge in [0, 0.05) is 24.1 Å². The zero-order valence-corrected chi connectivity index (χ0v) is 16.4. The molecule has 2 aromatic rings. The predicted molar refractivity (Wildman–Crippen MR) is 112 cm³/mol. The Balaban J connectivity index is 1.72. The molecule has 5 nitrogen and oxygen atoms in total. The molecule has 2 aromatic carbocycles. The zero-order valence-electron chi connectivity index (χ0n) is 15.5. The van der Waals surface area contributed by atoms with Crippen molar-refractivity contribution in [3.63, 3.8) is 0 Å². The molecule has 1 aliphatic carbocycles. The maximum absolute atomic E-state index is 11.4. The van der Waals surface area contributed by atoms with Crippen LogP contribution in [-0.2, 0) is 4.74 Å². The summed E-state index contributed by atoms with van der Waals surface area (Å²) >= 11 is 1.54. The third-order valence-electron chi connectivity index (χ3n) is 4.95. The fourth-order valence-electron chi connectivity index (χ4n) is 3.65. The van der Waals surface area contributed by atoms with Crippen LogP contribution in [0, 0.1) is 10.1 Å². The Bertz CT molecular complexity index is 918. The number of thioether (sulfide) groups is 1. The third kappa shape index (κ3) is 4.13. The Kier molecular flexibility index (Phi) is 5.78. The summed E-state index contributed by atoms with van der Waals surface area (Å²) in [6, 6.07) is 17.3. The standard InChI is InChI=1S/C22H22N2O3S/c25-24(26)19-8-4-5-9-20(19)28-21-11-10-18(16-17-6-2-1-3-7-17)22(21)23-12-14-27-15-13-23/h1-9,16H,10-15H2/b18-16+. The van der Waals surface area contributed by atoms with Gasteiger partial charge < -0.3 is 9.64 Å². The second kappa shape index (κ2) is 8.63. The summed E-state index contributed by atoms with van der Waals surface area (Å²) in [6.45, 7) is 3.13. The summed E-state index contributed by atoms with van der Waals surface area (Å²) < 4.78 is 5.54. The fourth-order valence-corrected chi connectivity index (χ4v) is 4.87. The summed E-state index contributed by atoms with van der Waals surface area (Å²) in [6.07, 6.45) is 4.10. The molecule has 0 amide bonds. The van der Waals surface area contributed by atoms with Crippen LogP contribution in [0.15, 0.2) is 75.7 Å². The van der Waals surface area contributed by atoms with Crippen molar-refractivity contribution in [2.24, 2.45) is 0 Å². The van der Waals surface area contributed by atoms with Crippen LogP contribution < -0.4 is 0 Å². The van der Waals surface area contributed by atoms with E-state index in [2.05, 4.69) is 23.1 Å². The molecule has 0 spiro atoms. The first kappa shape index (κ1) is 18.8. The van der Waals surface area contributed by atoms with Crippen LogP contribution in [0.25, 0.3) is 6.08 Å². The van der Waals surface area contributed by atoms with Gasteiger partial charge in [-0.15, -0.1) is 0 Å². The van der Waals surface area contributed by atoms with Crippen molar-refractivity contribution >= 4 is 23.5 Å². The van der Waals surface area contributed by atoms with E-state index in [9.17, 15) is 10.1 Å². The highest BCUT2D eigenvalue weighted by Crippen LogP contribution is 2.45. The van der Waals surface area contributed by atoms with E-state index in [1.807, 2.05) is 30.3 Å². The van der Waals surface area contributed by atoms with Gasteiger partial charge in [-0.05, 0) is 36.1 Å². The summed E-state index contributed by atoms with van der Waals surface area (Å²) in [5, 5.41) is 11.4. The van der Waals surface area contributed by atoms with Crippen molar-refractivity contribution < 1.29 is 9.66 Å². The predicted octanol–water partition coefficient (Wildman–Crippen LogP) is 5.11. The molecule has 0 saturated carbocycles. The van der Waals surface area contributed by atoms with Crippen LogP contribution in [0.3, 0.4) is 0 Å². The second-order valence-electron chi connectivity index (χ2n) is 6.78. The molecule has 144 valence electrons. The number of para-hydroxylation sites is 1. The van der Waals surface area contributed by atoms with Crippen LogP contribution in [0.5, 0.6) is 0 Å². The Hall–Kier alpha value is -2.57. The molecule has 1 fully saturated rings. The van der Waals surface area contributed by atoms with Gasteiger partial charge in [0.25, 0.3) is 5.69 Å². The monoisotopic (exact) mass is 394 g/mol. The topological polar surface area (TPSA) is 55.6 Å². The maximum atomic E-state index is 11.4. The van der Waals surface area contributed by atoms with E-state index in [-0.39, 0.29) is 10.6 Å². The quantitative estimate of drug-likeness (QED) is 0.521. The van der Waals surface area contributed by atoms with E-state index in [1.54, 1.807) is 12.1 Å². The molecule has 4 rings (SSSR count). The van der Waals surface area contributed by atoms with Crippen molar-refractivity contribution in [1.82, 2.24) is 4.90 Å². The number of hydrogen-bond donors (Lipinski definition) is 0. The molecule has 0 unspecified atom stereocenters. The average Bonchev–Trinajstić information content (AvgIpc) is 3.11.